The molecule has 0 spiro atoms. The molecular weight excluding hydrogens is 363 g/mol. The number of aryl methyl sites for hydroxylation is 2. The van der Waals surface area contributed by atoms with E-state index in [0.717, 1.165) is 17.8 Å². The van der Waals surface area contributed by atoms with Crippen LogP contribution >= 0.6 is 11.3 Å². The zero-order chi connectivity index (χ0) is 20.2. The van der Waals surface area contributed by atoms with E-state index in [1.165, 1.54) is 11.3 Å². The van der Waals surface area contributed by atoms with Crippen LogP contribution in [0, 0.1) is 6.92 Å². The van der Waals surface area contributed by atoms with Crippen molar-refractivity contribution in [1.29, 1.82) is 0 Å². The molecule has 4 nitrogen and oxygen atoms in total. The monoisotopic (exact) mass is 394 g/mol. The molecule has 0 bridgehead atoms. The van der Waals surface area contributed by atoms with Gasteiger partial charge in [-0.15, -0.1) is 11.3 Å². The van der Waals surface area contributed by atoms with Gasteiger partial charge in [0.15, 0.2) is 5.60 Å². The van der Waals surface area contributed by atoms with Crippen LogP contribution in [-0.4, -0.2) is 47.9 Å². The zero-order valence-electron chi connectivity index (χ0n) is 17.2. The molecule has 2 rings (SSSR count). The van der Waals surface area contributed by atoms with E-state index in [2.05, 4.69) is 4.98 Å². The molecule has 0 saturated heterocycles. The van der Waals surface area contributed by atoms with Crippen molar-refractivity contribution in [2.24, 2.45) is 0 Å². The van der Waals surface area contributed by atoms with E-state index < -0.39 is 11.3 Å². The van der Waals surface area contributed by atoms with Crippen LogP contribution in [0.4, 0.5) is 4.39 Å². The first-order chi connectivity index (χ1) is 12.6. The average Bonchev–Trinajstić information content (AvgIpc) is 3.06. The molecule has 1 atom stereocenters. The molecule has 27 heavy (non-hydrogen) atoms. The maximum atomic E-state index is 14.0. The van der Waals surface area contributed by atoms with Crippen molar-refractivity contribution in [1.82, 2.24) is 9.88 Å². The second-order valence-electron chi connectivity index (χ2n) is 7.74. The zero-order valence-corrected chi connectivity index (χ0v) is 18.0. The van der Waals surface area contributed by atoms with Gasteiger partial charge in [-0.05, 0) is 64.9 Å². The lowest BCUT2D eigenvalue weighted by Gasteiger charge is -2.32. The summed E-state index contributed by atoms with van der Waals surface area (Å²) in [5.74, 6) is 0.609. The molecule has 1 unspecified atom stereocenters. The van der Waals surface area contributed by atoms with Crippen molar-refractivity contribution in [3.8, 4) is 5.75 Å². The Hall–Kier alpha value is -1.50. The molecule has 0 aliphatic carbocycles. The van der Waals surface area contributed by atoms with E-state index >= 15 is 0 Å². The number of aromatic nitrogens is 1. The smallest absolute Gasteiger partial charge is 0.157 e. The molecule has 0 aliphatic rings. The Morgan fingerprint density at radius 1 is 1.33 bits per heavy atom. The van der Waals surface area contributed by atoms with Crippen molar-refractivity contribution in [2.75, 3.05) is 27.2 Å². The minimum absolute atomic E-state index is 0.394. The summed E-state index contributed by atoms with van der Waals surface area (Å²) in [5.41, 5.74) is -0.000284. The third-order valence-corrected chi connectivity index (χ3v) is 5.84. The Morgan fingerprint density at radius 2 is 2.04 bits per heavy atom. The van der Waals surface area contributed by atoms with Gasteiger partial charge in [0.05, 0.1) is 7.11 Å². The van der Waals surface area contributed by atoms with E-state index in [1.807, 2.05) is 49.4 Å². The van der Waals surface area contributed by atoms with Crippen molar-refractivity contribution in [3.05, 3.63) is 45.4 Å². The number of nitrogens with zero attached hydrogens (tertiary/aromatic N) is 2. The SMILES string of the molecule is CCN(C)CC(O)(c1nc(C)cs1)c1cc(CCC(C)(C)F)ccc1OC. The summed E-state index contributed by atoms with van der Waals surface area (Å²) in [6.07, 6.45) is 1.01. The second kappa shape index (κ2) is 8.67. The Bertz CT molecular complexity index is 757. The van der Waals surface area contributed by atoms with Crippen LogP contribution < -0.4 is 4.74 Å². The van der Waals surface area contributed by atoms with Crippen LogP contribution in [0.3, 0.4) is 0 Å². The summed E-state index contributed by atoms with van der Waals surface area (Å²) in [6.45, 7) is 8.33. The third-order valence-electron chi connectivity index (χ3n) is 4.73. The number of benzene rings is 1. The number of hydrogen-bond donors (Lipinski definition) is 1. The maximum absolute atomic E-state index is 14.0. The predicted octanol–water partition coefficient (Wildman–Crippen LogP) is 4.33. The number of likely N-dealkylation sites (N-methyl/N-ethyl adjacent to an activating group) is 1. The minimum Gasteiger partial charge on any atom is -0.496 e. The largest absolute Gasteiger partial charge is 0.496 e. The van der Waals surface area contributed by atoms with Crippen LogP contribution in [0.1, 0.15) is 49.0 Å². The quantitative estimate of drug-likeness (QED) is 0.688. The van der Waals surface area contributed by atoms with Crippen molar-refractivity contribution >= 4 is 11.3 Å². The Kier molecular flexibility index (Phi) is 7.00. The molecule has 0 saturated carbocycles. The molecule has 0 radical (unpaired) electrons. The van der Waals surface area contributed by atoms with Gasteiger partial charge >= 0.3 is 0 Å². The molecule has 0 amide bonds. The normalized spacial score (nSPS) is 14.4. The lowest BCUT2D eigenvalue weighted by atomic mass is 9.89. The van der Waals surface area contributed by atoms with Gasteiger partial charge < -0.3 is 14.7 Å². The van der Waals surface area contributed by atoms with Gasteiger partial charge in [-0.3, -0.25) is 0 Å². The van der Waals surface area contributed by atoms with Crippen LogP contribution in [-0.2, 0) is 12.0 Å². The summed E-state index contributed by atoms with van der Waals surface area (Å²) in [6, 6.07) is 5.73. The number of thiazole rings is 1. The Labute approximate surface area is 166 Å². The fourth-order valence-corrected chi connectivity index (χ4v) is 3.89. The number of methoxy groups -OCH3 is 1. The maximum Gasteiger partial charge on any atom is 0.157 e. The van der Waals surface area contributed by atoms with E-state index in [-0.39, 0.29) is 0 Å². The number of alkyl halides is 1. The molecule has 1 aromatic heterocycles. The standard InChI is InChI=1S/C21H31FN2O2S/c1-7-24(5)14-21(25,19-23-15(2)13-27-19)17-12-16(8-9-18(17)26-6)10-11-20(3,4)22/h8-9,12-13,25H,7,10-11,14H2,1-6H3. The summed E-state index contributed by atoms with van der Waals surface area (Å²) >= 11 is 1.44. The number of hydrogen-bond acceptors (Lipinski definition) is 5. The number of aliphatic hydroxyl groups is 1. The molecule has 0 fully saturated rings. The van der Waals surface area contributed by atoms with Gasteiger partial charge in [0.2, 0.25) is 0 Å². The van der Waals surface area contributed by atoms with Crippen LogP contribution in [0.25, 0.3) is 0 Å². The van der Waals surface area contributed by atoms with Gasteiger partial charge in [-0.1, -0.05) is 13.0 Å². The van der Waals surface area contributed by atoms with Crippen molar-refractivity contribution in [3.63, 3.8) is 0 Å². The predicted molar refractivity (Wildman–Crippen MR) is 110 cm³/mol. The highest BCUT2D eigenvalue weighted by Gasteiger charge is 2.38. The lowest BCUT2D eigenvalue weighted by Crippen LogP contribution is -2.40. The van der Waals surface area contributed by atoms with E-state index in [4.69, 9.17) is 4.74 Å². The highest BCUT2D eigenvalue weighted by molar-refractivity contribution is 7.09. The Morgan fingerprint density at radius 3 is 2.56 bits per heavy atom. The number of ether oxygens (including phenoxy) is 1. The van der Waals surface area contributed by atoms with Crippen molar-refractivity contribution < 1.29 is 14.2 Å². The molecule has 2 aromatic rings. The molecular formula is C21H31FN2O2S. The van der Waals surface area contributed by atoms with Crippen LogP contribution in [0.2, 0.25) is 0 Å². The van der Waals surface area contributed by atoms with Gasteiger partial charge in [0.1, 0.15) is 16.4 Å². The van der Waals surface area contributed by atoms with Gasteiger partial charge in [-0.2, -0.15) is 0 Å². The van der Waals surface area contributed by atoms with Crippen LogP contribution in [0.15, 0.2) is 23.6 Å². The van der Waals surface area contributed by atoms with Gasteiger partial charge in [0, 0.05) is 23.2 Å². The summed E-state index contributed by atoms with van der Waals surface area (Å²) in [4.78, 5) is 6.61. The second-order valence-corrected chi connectivity index (χ2v) is 8.60. The molecule has 1 heterocycles. The highest BCUT2D eigenvalue weighted by Crippen LogP contribution is 2.38. The lowest BCUT2D eigenvalue weighted by molar-refractivity contribution is 0.0429. The van der Waals surface area contributed by atoms with E-state index in [0.29, 0.717) is 35.7 Å². The third kappa shape index (κ3) is 5.50. The Balaban J connectivity index is 2.52. The summed E-state index contributed by atoms with van der Waals surface area (Å²) in [5, 5.41) is 14.4. The molecule has 150 valence electrons. The molecule has 6 heteroatoms. The highest BCUT2D eigenvalue weighted by atomic mass is 32.1. The van der Waals surface area contributed by atoms with Crippen LogP contribution in [0.5, 0.6) is 5.75 Å². The number of rotatable bonds is 9. The molecule has 1 aromatic carbocycles. The molecule has 0 aliphatic heterocycles. The number of halogens is 1. The average molecular weight is 395 g/mol. The van der Waals surface area contributed by atoms with E-state index in [1.54, 1.807) is 21.0 Å². The minimum atomic E-state index is -1.30. The summed E-state index contributed by atoms with van der Waals surface area (Å²) in [7, 11) is 3.56. The van der Waals surface area contributed by atoms with E-state index in [9.17, 15) is 9.50 Å². The first-order valence-electron chi connectivity index (χ1n) is 9.29. The van der Waals surface area contributed by atoms with Gasteiger partial charge in [0.25, 0.3) is 0 Å². The molecule has 1 N–H and O–H groups in total. The fourth-order valence-electron chi connectivity index (χ4n) is 2.99. The van der Waals surface area contributed by atoms with Crippen molar-refractivity contribution in [2.45, 2.75) is 51.8 Å². The topological polar surface area (TPSA) is 45.6 Å². The first-order valence-corrected chi connectivity index (χ1v) is 10.2. The first kappa shape index (κ1) is 21.8. The fraction of sp³-hybridized carbons (Fsp3) is 0.571. The van der Waals surface area contributed by atoms with Gasteiger partial charge in [-0.25, -0.2) is 9.37 Å². The summed E-state index contributed by atoms with van der Waals surface area (Å²) < 4.78 is 19.5.